The van der Waals surface area contributed by atoms with Crippen LogP contribution in [0.3, 0.4) is 0 Å². The highest BCUT2D eigenvalue weighted by Crippen LogP contribution is 2.47. The molecule has 0 N–H and O–H groups in total. The zero-order valence-electron chi connectivity index (χ0n) is 10.9. The van der Waals surface area contributed by atoms with E-state index in [0.29, 0.717) is 12.1 Å². The fourth-order valence-corrected chi connectivity index (χ4v) is 3.72. The summed E-state index contributed by atoms with van der Waals surface area (Å²) >= 11 is 0. The van der Waals surface area contributed by atoms with Crippen molar-refractivity contribution >= 4 is 9.84 Å². The number of aromatic nitrogens is 2. The Morgan fingerprint density at radius 1 is 1.39 bits per heavy atom. The van der Waals surface area contributed by atoms with Crippen molar-refractivity contribution < 1.29 is 8.42 Å². The van der Waals surface area contributed by atoms with Gasteiger partial charge in [-0.15, -0.1) is 0 Å². The van der Waals surface area contributed by atoms with Gasteiger partial charge in [0, 0.05) is 29.5 Å². The predicted molar refractivity (Wildman–Crippen MR) is 69.3 cm³/mol. The number of aryl methyl sites for hydroxylation is 1. The molecule has 0 amide bonds. The van der Waals surface area contributed by atoms with Gasteiger partial charge in [-0.05, 0) is 26.7 Å². The lowest BCUT2D eigenvalue weighted by molar-refractivity contribution is 0.446. The molecule has 0 aliphatic heterocycles. The first-order valence-corrected chi connectivity index (χ1v) is 7.99. The molecule has 0 radical (unpaired) electrons. The summed E-state index contributed by atoms with van der Waals surface area (Å²) in [6, 6.07) is 0. The maximum atomic E-state index is 12.0. The van der Waals surface area contributed by atoms with Gasteiger partial charge in [0.05, 0.1) is 12.1 Å². The Bertz CT molecular complexity index is 627. The smallest absolute Gasteiger partial charge is 0.256 e. The Morgan fingerprint density at radius 3 is 2.50 bits per heavy atom. The van der Waals surface area contributed by atoms with Crippen molar-refractivity contribution in [2.75, 3.05) is 12.0 Å². The molecule has 0 spiro atoms. The minimum atomic E-state index is -3.01. The molecule has 1 fully saturated rings. The van der Waals surface area contributed by atoms with Gasteiger partial charge in [-0.1, -0.05) is 0 Å². The Morgan fingerprint density at radius 2 is 2.00 bits per heavy atom. The van der Waals surface area contributed by atoms with Crippen molar-refractivity contribution in [1.29, 1.82) is 0 Å². The van der Waals surface area contributed by atoms with Gasteiger partial charge in [0.1, 0.15) is 9.84 Å². The van der Waals surface area contributed by atoms with Gasteiger partial charge >= 0.3 is 0 Å². The number of nitrogens with zero attached hydrogens (tertiary/aromatic N) is 2. The van der Waals surface area contributed by atoms with Crippen molar-refractivity contribution in [3.63, 3.8) is 0 Å². The number of hydrogen-bond acceptors (Lipinski definition) is 4. The summed E-state index contributed by atoms with van der Waals surface area (Å²) in [5.41, 5.74) is 1.04. The van der Waals surface area contributed by atoms with Gasteiger partial charge in [0.25, 0.3) is 5.56 Å². The van der Waals surface area contributed by atoms with Crippen molar-refractivity contribution in [2.45, 2.75) is 33.2 Å². The second-order valence-electron chi connectivity index (χ2n) is 5.46. The van der Waals surface area contributed by atoms with Crippen LogP contribution in [-0.2, 0) is 16.4 Å². The minimum Gasteiger partial charge on any atom is -0.298 e. The standard InChI is InChI=1S/C12H18N2O3S/c1-9-10(2)13-8-14(11(9)15)6-12(4-5-12)7-18(3,16)17/h8H,4-7H2,1-3H3. The molecule has 1 heterocycles. The van der Waals surface area contributed by atoms with E-state index in [2.05, 4.69) is 4.98 Å². The SMILES string of the molecule is Cc1ncn(CC2(CS(C)(=O)=O)CC2)c(=O)c1C. The van der Waals surface area contributed by atoms with Gasteiger partial charge in [-0.3, -0.25) is 9.36 Å². The molecule has 1 aliphatic carbocycles. The molecule has 2 rings (SSSR count). The fourth-order valence-electron chi connectivity index (χ4n) is 2.23. The molecule has 0 aromatic carbocycles. The Hall–Kier alpha value is -1.17. The Balaban J connectivity index is 2.26. The van der Waals surface area contributed by atoms with E-state index in [9.17, 15) is 13.2 Å². The lowest BCUT2D eigenvalue weighted by Gasteiger charge is -2.16. The summed E-state index contributed by atoms with van der Waals surface area (Å²) in [5.74, 6) is 0.152. The van der Waals surface area contributed by atoms with E-state index in [4.69, 9.17) is 0 Å². The highest BCUT2D eigenvalue weighted by Gasteiger charge is 2.45. The van der Waals surface area contributed by atoms with Gasteiger partial charge in [-0.25, -0.2) is 13.4 Å². The lowest BCUT2D eigenvalue weighted by Crippen LogP contribution is -2.30. The monoisotopic (exact) mass is 270 g/mol. The average Bonchev–Trinajstić information content (AvgIpc) is 2.97. The van der Waals surface area contributed by atoms with Crippen LogP contribution in [0, 0.1) is 19.3 Å². The first-order chi connectivity index (χ1) is 8.22. The first-order valence-electron chi connectivity index (χ1n) is 5.93. The maximum absolute atomic E-state index is 12.0. The summed E-state index contributed by atoms with van der Waals surface area (Å²) < 4.78 is 24.3. The molecule has 100 valence electrons. The molecule has 1 aliphatic rings. The third kappa shape index (κ3) is 2.80. The van der Waals surface area contributed by atoms with Crippen LogP contribution in [0.15, 0.2) is 11.1 Å². The van der Waals surface area contributed by atoms with E-state index in [-0.39, 0.29) is 16.7 Å². The zero-order valence-corrected chi connectivity index (χ0v) is 11.7. The largest absolute Gasteiger partial charge is 0.298 e. The van der Waals surface area contributed by atoms with E-state index in [1.165, 1.54) is 12.6 Å². The Labute approximate surface area is 107 Å². The van der Waals surface area contributed by atoms with Crippen LogP contribution in [0.25, 0.3) is 0 Å². The second kappa shape index (κ2) is 4.19. The molecule has 0 unspecified atom stereocenters. The zero-order chi connectivity index (χ0) is 13.6. The normalized spacial score (nSPS) is 17.7. The van der Waals surface area contributed by atoms with Crippen molar-refractivity contribution in [3.05, 3.63) is 27.9 Å². The van der Waals surface area contributed by atoms with Crippen LogP contribution in [0.5, 0.6) is 0 Å². The van der Waals surface area contributed by atoms with Crippen LogP contribution >= 0.6 is 0 Å². The molecule has 1 aromatic heterocycles. The van der Waals surface area contributed by atoms with E-state index in [1.807, 2.05) is 0 Å². The van der Waals surface area contributed by atoms with Crippen molar-refractivity contribution in [1.82, 2.24) is 9.55 Å². The van der Waals surface area contributed by atoms with Crippen LogP contribution in [0.1, 0.15) is 24.1 Å². The van der Waals surface area contributed by atoms with E-state index >= 15 is 0 Å². The average molecular weight is 270 g/mol. The molecule has 1 aromatic rings. The van der Waals surface area contributed by atoms with Crippen LogP contribution in [0.2, 0.25) is 0 Å². The quantitative estimate of drug-likeness (QED) is 0.807. The molecular weight excluding hydrogens is 252 g/mol. The van der Waals surface area contributed by atoms with Gasteiger partial charge < -0.3 is 0 Å². The van der Waals surface area contributed by atoms with E-state index in [1.54, 1.807) is 18.4 Å². The first kappa shape index (κ1) is 13.3. The minimum absolute atomic E-state index is 0.0673. The molecule has 0 saturated heterocycles. The highest BCUT2D eigenvalue weighted by atomic mass is 32.2. The third-order valence-electron chi connectivity index (χ3n) is 3.55. The molecule has 6 heteroatoms. The molecule has 5 nitrogen and oxygen atoms in total. The Kier molecular flexibility index (Phi) is 3.09. The number of rotatable bonds is 4. The van der Waals surface area contributed by atoms with E-state index < -0.39 is 9.84 Å². The van der Waals surface area contributed by atoms with Gasteiger partial charge in [0.2, 0.25) is 0 Å². The van der Waals surface area contributed by atoms with Crippen LogP contribution in [-0.4, -0.2) is 30.0 Å². The molecule has 18 heavy (non-hydrogen) atoms. The predicted octanol–water partition coefficient (Wildman–Crippen LogP) is 0.685. The van der Waals surface area contributed by atoms with E-state index in [0.717, 1.165) is 18.5 Å². The summed E-state index contributed by atoms with van der Waals surface area (Å²) in [6.07, 6.45) is 4.49. The molecule has 1 saturated carbocycles. The summed E-state index contributed by atoms with van der Waals surface area (Å²) in [7, 11) is -3.01. The van der Waals surface area contributed by atoms with Crippen LogP contribution in [0.4, 0.5) is 0 Å². The highest BCUT2D eigenvalue weighted by molar-refractivity contribution is 7.90. The van der Waals surface area contributed by atoms with Crippen molar-refractivity contribution in [2.24, 2.45) is 5.41 Å². The molecule has 0 bridgehead atoms. The fraction of sp³-hybridized carbons (Fsp3) is 0.667. The molecule has 0 atom stereocenters. The van der Waals surface area contributed by atoms with Gasteiger partial charge in [0.15, 0.2) is 0 Å². The lowest BCUT2D eigenvalue weighted by atomic mass is 10.1. The maximum Gasteiger partial charge on any atom is 0.256 e. The topological polar surface area (TPSA) is 69.0 Å². The number of sulfone groups is 1. The second-order valence-corrected chi connectivity index (χ2v) is 7.60. The summed E-state index contributed by atoms with van der Waals surface area (Å²) in [4.78, 5) is 16.2. The van der Waals surface area contributed by atoms with Crippen LogP contribution < -0.4 is 5.56 Å². The van der Waals surface area contributed by atoms with Gasteiger partial charge in [-0.2, -0.15) is 0 Å². The van der Waals surface area contributed by atoms with Crippen molar-refractivity contribution in [3.8, 4) is 0 Å². The third-order valence-corrected chi connectivity index (χ3v) is 4.68. The summed E-state index contributed by atoms with van der Waals surface area (Å²) in [5, 5.41) is 0. The number of hydrogen-bond donors (Lipinski definition) is 0. The summed E-state index contributed by atoms with van der Waals surface area (Å²) in [6.45, 7) is 3.99. The molecular formula is C12H18N2O3S.